The number of nitrogens with two attached hydrogens (primary N) is 1. The van der Waals surface area contributed by atoms with Gasteiger partial charge in [-0.3, -0.25) is 9.59 Å². The lowest BCUT2D eigenvalue weighted by atomic mass is 9.99. The van der Waals surface area contributed by atoms with Gasteiger partial charge in [0, 0.05) is 17.7 Å². The minimum absolute atomic E-state index is 0.145. The zero-order valence-electron chi connectivity index (χ0n) is 12.2. The lowest BCUT2D eigenvalue weighted by Crippen LogP contribution is -2.50. The number of benzene rings is 1. The number of carbonyl (C=O) groups excluding carboxylic acids is 2. The van der Waals surface area contributed by atoms with E-state index in [0.29, 0.717) is 18.5 Å². The summed E-state index contributed by atoms with van der Waals surface area (Å²) in [6.45, 7) is 0.572. The maximum atomic E-state index is 12.7. The minimum Gasteiger partial charge on any atom is -0.472 e. The number of nitrogens with zero attached hydrogens (tertiary/aromatic N) is 1. The minimum atomic E-state index is -0.501. The van der Waals surface area contributed by atoms with Crippen molar-refractivity contribution < 1.29 is 14.0 Å². The molecule has 0 aliphatic carbocycles. The van der Waals surface area contributed by atoms with Crippen molar-refractivity contribution in [1.29, 1.82) is 0 Å². The second kappa shape index (κ2) is 6.05. The Morgan fingerprint density at radius 2 is 2.05 bits per heavy atom. The molecule has 3 rings (SSSR count). The van der Waals surface area contributed by atoms with Crippen molar-refractivity contribution in [2.45, 2.75) is 25.3 Å². The Bertz CT molecular complexity index is 679. The molecule has 1 atom stereocenters. The number of hydrogen-bond acceptors (Lipinski definition) is 3. The first-order chi connectivity index (χ1) is 10.7. The van der Waals surface area contributed by atoms with E-state index in [0.717, 1.165) is 24.0 Å². The molecular formula is C17H18N2O3. The summed E-state index contributed by atoms with van der Waals surface area (Å²) in [6.07, 6.45) is 5.69. The number of hydrogen-bond donors (Lipinski definition) is 1. The third-order valence-corrected chi connectivity index (χ3v) is 4.06. The van der Waals surface area contributed by atoms with Crippen molar-refractivity contribution in [3.05, 3.63) is 48.4 Å². The highest BCUT2D eigenvalue weighted by atomic mass is 16.3. The highest BCUT2D eigenvalue weighted by molar-refractivity contribution is 5.98. The van der Waals surface area contributed by atoms with E-state index in [-0.39, 0.29) is 5.91 Å². The van der Waals surface area contributed by atoms with Gasteiger partial charge in [-0.05, 0) is 43.0 Å². The maximum absolute atomic E-state index is 12.7. The molecule has 1 saturated heterocycles. The predicted octanol–water partition coefficient (Wildman–Crippen LogP) is 2.43. The summed E-state index contributed by atoms with van der Waals surface area (Å²) < 4.78 is 5.08. The molecule has 1 unspecified atom stereocenters. The predicted molar refractivity (Wildman–Crippen MR) is 82.0 cm³/mol. The Kier molecular flexibility index (Phi) is 3.96. The monoisotopic (exact) mass is 298 g/mol. The van der Waals surface area contributed by atoms with Crippen LogP contribution in [0, 0.1) is 0 Å². The fourth-order valence-corrected chi connectivity index (χ4v) is 2.90. The molecule has 1 aromatic heterocycles. The van der Waals surface area contributed by atoms with Crippen molar-refractivity contribution in [2.24, 2.45) is 5.73 Å². The molecule has 0 spiro atoms. The topological polar surface area (TPSA) is 76.5 Å². The second-order valence-corrected chi connectivity index (χ2v) is 5.51. The standard InChI is InChI=1S/C17H18N2O3/c18-16(20)15-6-1-2-8-19(15)17(21)13-5-3-4-12(10-13)14-7-9-22-11-14/h3-5,7,9-11,15H,1-2,6,8H2,(H2,18,20). The largest absolute Gasteiger partial charge is 0.472 e. The first-order valence-corrected chi connectivity index (χ1v) is 7.40. The first-order valence-electron chi connectivity index (χ1n) is 7.40. The zero-order valence-corrected chi connectivity index (χ0v) is 12.2. The molecule has 1 aliphatic heterocycles. The van der Waals surface area contributed by atoms with Crippen molar-refractivity contribution in [2.75, 3.05) is 6.54 Å². The molecule has 0 bridgehead atoms. The molecule has 2 aromatic rings. The molecule has 5 nitrogen and oxygen atoms in total. The molecule has 1 aromatic carbocycles. The molecule has 114 valence electrons. The molecule has 5 heteroatoms. The summed E-state index contributed by atoms with van der Waals surface area (Å²) in [7, 11) is 0. The van der Waals surface area contributed by atoms with Crippen molar-refractivity contribution >= 4 is 11.8 Å². The van der Waals surface area contributed by atoms with E-state index in [9.17, 15) is 9.59 Å². The van der Waals surface area contributed by atoms with Crippen LogP contribution in [0.25, 0.3) is 11.1 Å². The highest BCUT2D eigenvalue weighted by Gasteiger charge is 2.31. The molecule has 0 saturated carbocycles. The maximum Gasteiger partial charge on any atom is 0.254 e. The van der Waals surface area contributed by atoms with Crippen LogP contribution in [-0.4, -0.2) is 29.3 Å². The van der Waals surface area contributed by atoms with Crippen LogP contribution in [0.5, 0.6) is 0 Å². The van der Waals surface area contributed by atoms with Gasteiger partial charge in [-0.1, -0.05) is 12.1 Å². The summed E-state index contributed by atoms with van der Waals surface area (Å²) >= 11 is 0. The van der Waals surface area contributed by atoms with Crippen LogP contribution in [0.4, 0.5) is 0 Å². The van der Waals surface area contributed by atoms with Gasteiger partial charge in [-0.2, -0.15) is 0 Å². The smallest absolute Gasteiger partial charge is 0.254 e. The normalized spacial score (nSPS) is 18.2. The van der Waals surface area contributed by atoms with E-state index >= 15 is 0 Å². The summed E-state index contributed by atoms with van der Waals surface area (Å²) in [5.41, 5.74) is 7.82. The highest BCUT2D eigenvalue weighted by Crippen LogP contribution is 2.24. The Morgan fingerprint density at radius 3 is 2.77 bits per heavy atom. The van der Waals surface area contributed by atoms with Gasteiger partial charge in [0.25, 0.3) is 5.91 Å². The fraction of sp³-hybridized carbons (Fsp3) is 0.294. The number of piperidine rings is 1. The molecule has 1 fully saturated rings. The summed E-state index contributed by atoms with van der Waals surface area (Å²) in [4.78, 5) is 25.9. The SMILES string of the molecule is NC(=O)C1CCCCN1C(=O)c1cccc(-c2ccoc2)c1. The molecule has 1 aliphatic rings. The van der Waals surface area contributed by atoms with Gasteiger partial charge >= 0.3 is 0 Å². The summed E-state index contributed by atoms with van der Waals surface area (Å²) in [5, 5.41) is 0. The Balaban J connectivity index is 1.88. The van der Waals surface area contributed by atoms with Crippen molar-refractivity contribution in [3.63, 3.8) is 0 Å². The Hall–Kier alpha value is -2.56. The van der Waals surface area contributed by atoms with E-state index in [1.807, 2.05) is 24.3 Å². The number of likely N-dealkylation sites (tertiary alicyclic amines) is 1. The van der Waals surface area contributed by atoms with E-state index in [1.54, 1.807) is 23.5 Å². The fourth-order valence-electron chi connectivity index (χ4n) is 2.90. The van der Waals surface area contributed by atoms with Crippen LogP contribution in [0.2, 0.25) is 0 Å². The third kappa shape index (κ3) is 2.74. The van der Waals surface area contributed by atoms with Gasteiger partial charge in [0.15, 0.2) is 0 Å². The molecular weight excluding hydrogens is 280 g/mol. The summed E-state index contributed by atoms with van der Waals surface area (Å²) in [6, 6.07) is 8.68. The van der Waals surface area contributed by atoms with Gasteiger partial charge in [0.2, 0.25) is 5.91 Å². The van der Waals surface area contributed by atoms with Crippen molar-refractivity contribution in [3.8, 4) is 11.1 Å². The second-order valence-electron chi connectivity index (χ2n) is 5.51. The number of carbonyl (C=O) groups is 2. The van der Waals surface area contributed by atoms with Gasteiger partial charge in [0.05, 0.1) is 12.5 Å². The van der Waals surface area contributed by atoms with Crippen molar-refractivity contribution in [1.82, 2.24) is 4.90 Å². The molecule has 2 amide bonds. The Labute approximate surface area is 128 Å². The zero-order chi connectivity index (χ0) is 15.5. The van der Waals surface area contributed by atoms with E-state index in [2.05, 4.69) is 0 Å². The molecule has 2 N–H and O–H groups in total. The number of primary amides is 1. The van der Waals surface area contributed by atoms with E-state index in [1.165, 1.54) is 0 Å². The quantitative estimate of drug-likeness (QED) is 0.945. The van der Waals surface area contributed by atoms with E-state index in [4.69, 9.17) is 10.2 Å². The van der Waals surface area contributed by atoms with Crippen LogP contribution in [0.15, 0.2) is 47.3 Å². The number of rotatable bonds is 3. The summed E-state index contributed by atoms with van der Waals surface area (Å²) in [5.74, 6) is -0.576. The molecule has 22 heavy (non-hydrogen) atoms. The van der Waals surface area contributed by atoms with Gasteiger partial charge in [-0.25, -0.2) is 0 Å². The number of furan rings is 1. The third-order valence-electron chi connectivity index (χ3n) is 4.06. The van der Waals surface area contributed by atoms with Crippen LogP contribution in [0.1, 0.15) is 29.6 Å². The van der Waals surface area contributed by atoms with Gasteiger partial charge < -0.3 is 15.1 Å². The lowest BCUT2D eigenvalue weighted by Gasteiger charge is -2.33. The average molecular weight is 298 g/mol. The average Bonchev–Trinajstić information content (AvgIpc) is 3.09. The molecule has 2 heterocycles. The first kappa shape index (κ1) is 14.4. The van der Waals surface area contributed by atoms with Crippen LogP contribution in [-0.2, 0) is 4.79 Å². The number of amides is 2. The van der Waals surface area contributed by atoms with Crippen LogP contribution < -0.4 is 5.73 Å². The molecule has 0 radical (unpaired) electrons. The van der Waals surface area contributed by atoms with Crippen LogP contribution >= 0.6 is 0 Å². The van der Waals surface area contributed by atoms with E-state index < -0.39 is 11.9 Å². The van der Waals surface area contributed by atoms with Gasteiger partial charge in [0.1, 0.15) is 6.04 Å². The van der Waals surface area contributed by atoms with Crippen LogP contribution in [0.3, 0.4) is 0 Å². The Morgan fingerprint density at radius 1 is 1.18 bits per heavy atom. The van der Waals surface area contributed by atoms with Gasteiger partial charge in [-0.15, -0.1) is 0 Å². The lowest BCUT2D eigenvalue weighted by molar-refractivity contribution is -0.123.